The highest BCUT2D eigenvalue weighted by Crippen LogP contribution is 2.13. The molecule has 86 valence electrons. The molecule has 0 saturated carbocycles. The molecule has 0 heterocycles. The molecule has 0 atom stereocenters. The second kappa shape index (κ2) is 6.18. The Hall–Kier alpha value is -0.860. The van der Waals surface area contributed by atoms with E-state index in [9.17, 15) is 0 Å². The molecule has 2 heteroatoms. The number of rotatable bonds is 3. The fourth-order valence-electron chi connectivity index (χ4n) is 1.53. The third-order valence-corrected chi connectivity index (χ3v) is 3.50. The van der Waals surface area contributed by atoms with Crippen molar-refractivity contribution in [1.29, 1.82) is 0 Å². The molecule has 0 aliphatic heterocycles. The summed E-state index contributed by atoms with van der Waals surface area (Å²) in [5.74, 6) is 0. The van der Waals surface area contributed by atoms with Crippen LogP contribution in [0.3, 0.4) is 0 Å². The Morgan fingerprint density at radius 2 is 1.29 bits per heavy atom. The lowest BCUT2D eigenvalue weighted by atomic mass is 10.1. The molecule has 0 unspecified atom stereocenters. The molecule has 0 N–H and O–H groups in total. The predicted octanol–water partition coefficient (Wildman–Crippen LogP) is 5.47. The van der Waals surface area contributed by atoms with E-state index < -0.39 is 0 Å². The first-order chi connectivity index (χ1) is 8.24. The molecule has 0 aliphatic carbocycles. The van der Waals surface area contributed by atoms with Crippen LogP contribution in [0.1, 0.15) is 11.1 Å². The first kappa shape index (κ1) is 12.6. The van der Waals surface area contributed by atoms with Crippen molar-refractivity contribution >= 4 is 37.9 Å². The van der Waals surface area contributed by atoms with E-state index in [0.29, 0.717) is 0 Å². The lowest BCUT2D eigenvalue weighted by Gasteiger charge is -1.97. The van der Waals surface area contributed by atoms with E-state index in [-0.39, 0.29) is 0 Å². The minimum atomic E-state index is 0.962. The minimum absolute atomic E-state index is 0.962. The van der Waals surface area contributed by atoms with Crippen LogP contribution in [0.15, 0.2) is 63.6 Å². The highest BCUT2D eigenvalue weighted by Gasteiger charge is 1.90. The van der Waals surface area contributed by atoms with Gasteiger partial charge in [-0.25, -0.2) is 0 Å². The Labute approximate surface area is 119 Å². The van der Waals surface area contributed by atoms with Crippen LogP contribution in [0.2, 0.25) is 0 Å². The Morgan fingerprint density at radius 1 is 0.765 bits per heavy atom. The number of halogens is 2. The summed E-state index contributed by atoms with van der Waals surface area (Å²) in [4.78, 5) is 0. The van der Waals surface area contributed by atoms with Gasteiger partial charge in [0.1, 0.15) is 0 Å². The van der Waals surface area contributed by atoms with Gasteiger partial charge in [0, 0.05) is 8.95 Å². The van der Waals surface area contributed by atoms with Crippen LogP contribution < -0.4 is 0 Å². The van der Waals surface area contributed by atoms with Gasteiger partial charge < -0.3 is 0 Å². The molecular weight excluding hydrogens is 340 g/mol. The summed E-state index contributed by atoms with van der Waals surface area (Å²) in [6.07, 6.45) is 5.30. The van der Waals surface area contributed by atoms with Crippen LogP contribution in [0.4, 0.5) is 0 Å². The maximum atomic E-state index is 3.43. The van der Waals surface area contributed by atoms with Crippen molar-refractivity contribution in [2.75, 3.05) is 0 Å². The van der Waals surface area contributed by atoms with Crippen LogP contribution in [-0.2, 0) is 6.42 Å². The Bertz CT molecular complexity index is 495. The van der Waals surface area contributed by atoms with Gasteiger partial charge in [0.05, 0.1) is 0 Å². The van der Waals surface area contributed by atoms with Gasteiger partial charge in [-0.3, -0.25) is 0 Å². The lowest BCUT2D eigenvalue weighted by molar-refractivity contribution is 1.27. The molecule has 0 aliphatic rings. The SMILES string of the molecule is Brc1ccc(/C=C/Cc2ccc(Br)cc2)cc1. The van der Waals surface area contributed by atoms with Crippen molar-refractivity contribution in [2.24, 2.45) is 0 Å². The van der Waals surface area contributed by atoms with Crippen molar-refractivity contribution in [3.8, 4) is 0 Å². The number of hydrogen-bond acceptors (Lipinski definition) is 0. The third kappa shape index (κ3) is 4.14. The molecule has 0 nitrogen and oxygen atoms in total. The molecule has 2 aromatic carbocycles. The summed E-state index contributed by atoms with van der Waals surface area (Å²) in [5, 5.41) is 0. The van der Waals surface area contributed by atoms with E-state index in [1.54, 1.807) is 0 Å². The molecule has 0 amide bonds. The lowest BCUT2D eigenvalue weighted by Crippen LogP contribution is -1.79. The van der Waals surface area contributed by atoms with Crippen molar-refractivity contribution in [3.05, 3.63) is 74.7 Å². The molecule has 2 rings (SSSR count). The van der Waals surface area contributed by atoms with Crippen molar-refractivity contribution in [2.45, 2.75) is 6.42 Å². The topological polar surface area (TPSA) is 0 Å². The van der Waals surface area contributed by atoms with Gasteiger partial charge >= 0.3 is 0 Å². The zero-order valence-corrected chi connectivity index (χ0v) is 12.4. The Morgan fingerprint density at radius 3 is 1.88 bits per heavy atom. The van der Waals surface area contributed by atoms with Crippen LogP contribution in [-0.4, -0.2) is 0 Å². The van der Waals surface area contributed by atoms with E-state index >= 15 is 0 Å². The monoisotopic (exact) mass is 350 g/mol. The van der Waals surface area contributed by atoms with Gasteiger partial charge in [0.25, 0.3) is 0 Å². The van der Waals surface area contributed by atoms with Gasteiger partial charge in [0.15, 0.2) is 0 Å². The fraction of sp³-hybridized carbons (Fsp3) is 0.0667. The smallest absolute Gasteiger partial charge is 0.0175 e. The van der Waals surface area contributed by atoms with E-state index in [0.717, 1.165) is 15.4 Å². The number of allylic oxidation sites excluding steroid dienone is 1. The number of hydrogen-bond donors (Lipinski definition) is 0. The second-order valence-corrected chi connectivity index (χ2v) is 5.62. The summed E-state index contributed by atoms with van der Waals surface area (Å²) in [5.41, 5.74) is 2.55. The van der Waals surface area contributed by atoms with Crippen LogP contribution in [0, 0.1) is 0 Å². The van der Waals surface area contributed by atoms with E-state index in [2.05, 4.69) is 92.5 Å². The van der Waals surface area contributed by atoms with E-state index in [4.69, 9.17) is 0 Å². The summed E-state index contributed by atoms with van der Waals surface area (Å²) >= 11 is 6.86. The van der Waals surface area contributed by atoms with Gasteiger partial charge in [-0.15, -0.1) is 0 Å². The summed E-state index contributed by atoms with van der Waals surface area (Å²) in [6, 6.07) is 16.7. The largest absolute Gasteiger partial charge is 0.0795 e. The highest BCUT2D eigenvalue weighted by atomic mass is 79.9. The molecular formula is C15H12Br2. The quantitative estimate of drug-likeness (QED) is 0.688. The normalized spacial score (nSPS) is 10.9. The molecule has 0 radical (unpaired) electrons. The van der Waals surface area contributed by atoms with Crippen molar-refractivity contribution < 1.29 is 0 Å². The second-order valence-electron chi connectivity index (χ2n) is 3.78. The van der Waals surface area contributed by atoms with E-state index in [1.165, 1.54) is 11.1 Å². The maximum Gasteiger partial charge on any atom is 0.0175 e. The predicted molar refractivity (Wildman–Crippen MR) is 81.0 cm³/mol. The molecule has 2 aromatic rings. The minimum Gasteiger partial charge on any atom is -0.0795 e. The van der Waals surface area contributed by atoms with Crippen molar-refractivity contribution in [3.63, 3.8) is 0 Å². The van der Waals surface area contributed by atoms with Gasteiger partial charge in [0.2, 0.25) is 0 Å². The van der Waals surface area contributed by atoms with Gasteiger partial charge in [-0.1, -0.05) is 68.3 Å². The van der Waals surface area contributed by atoms with Crippen LogP contribution in [0.5, 0.6) is 0 Å². The average molecular weight is 352 g/mol. The first-order valence-electron chi connectivity index (χ1n) is 5.40. The van der Waals surface area contributed by atoms with E-state index in [1.807, 2.05) is 0 Å². The van der Waals surface area contributed by atoms with Crippen LogP contribution >= 0.6 is 31.9 Å². The maximum absolute atomic E-state index is 3.43. The zero-order chi connectivity index (χ0) is 12.1. The fourth-order valence-corrected chi connectivity index (χ4v) is 2.05. The summed E-state index contributed by atoms with van der Waals surface area (Å²) < 4.78 is 2.24. The Kier molecular flexibility index (Phi) is 4.57. The molecule has 0 bridgehead atoms. The van der Waals surface area contributed by atoms with Crippen LogP contribution in [0.25, 0.3) is 6.08 Å². The van der Waals surface area contributed by atoms with Gasteiger partial charge in [-0.2, -0.15) is 0 Å². The summed E-state index contributed by atoms with van der Waals surface area (Å²) in [6.45, 7) is 0. The average Bonchev–Trinajstić information content (AvgIpc) is 2.34. The Balaban J connectivity index is 1.97. The molecule has 17 heavy (non-hydrogen) atoms. The number of benzene rings is 2. The highest BCUT2D eigenvalue weighted by molar-refractivity contribution is 9.10. The summed E-state index contributed by atoms with van der Waals surface area (Å²) in [7, 11) is 0. The van der Waals surface area contributed by atoms with Gasteiger partial charge in [-0.05, 0) is 41.8 Å². The zero-order valence-electron chi connectivity index (χ0n) is 9.24. The molecule has 0 spiro atoms. The van der Waals surface area contributed by atoms with Crippen molar-refractivity contribution in [1.82, 2.24) is 0 Å². The standard InChI is InChI=1S/C15H12Br2/c16-14-8-4-12(5-9-14)2-1-3-13-6-10-15(17)11-7-13/h1-2,4-11H,3H2/b2-1+. The third-order valence-electron chi connectivity index (χ3n) is 2.45. The molecule has 0 saturated heterocycles. The first-order valence-corrected chi connectivity index (χ1v) is 6.99. The molecule has 0 fully saturated rings. The molecule has 0 aromatic heterocycles.